The predicted molar refractivity (Wildman–Crippen MR) is 156 cm³/mol. The molecule has 200 valence electrons. The van der Waals surface area contributed by atoms with Gasteiger partial charge in [-0.15, -0.1) is 0 Å². The van der Waals surface area contributed by atoms with Gasteiger partial charge >= 0.3 is 5.97 Å². The minimum absolute atomic E-state index is 0.0342. The van der Waals surface area contributed by atoms with Crippen LogP contribution < -0.4 is 9.80 Å². The van der Waals surface area contributed by atoms with Gasteiger partial charge in [0.25, 0.3) is 0 Å². The molecule has 0 aliphatic heterocycles. The van der Waals surface area contributed by atoms with Gasteiger partial charge in [0, 0.05) is 37.5 Å². The van der Waals surface area contributed by atoms with Gasteiger partial charge in [-0.1, -0.05) is 55.7 Å². The molecule has 0 bridgehead atoms. The number of methoxy groups -OCH3 is 1. The van der Waals surface area contributed by atoms with Gasteiger partial charge in [0.05, 0.1) is 25.3 Å². The molecular formula is C33H35N3O3. The number of nitriles is 1. The van der Waals surface area contributed by atoms with Gasteiger partial charge in [0.15, 0.2) is 0 Å². The molecule has 0 N–H and O–H groups in total. The van der Waals surface area contributed by atoms with Crippen molar-refractivity contribution in [1.29, 1.82) is 5.26 Å². The average molecular weight is 522 g/mol. The molecule has 1 aliphatic carbocycles. The lowest BCUT2D eigenvalue weighted by molar-refractivity contribution is -0.134. The lowest BCUT2D eigenvalue weighted by Gasteiger charge is -2.30. The number of esters is 1. The highest BCUT2D eigenvalue weighted by molar-refractivity contribution is 5.96. The van der Waals surface area contributed by atoms with Crippen LogP contribution in [0.5, 0.6) is 0 Å². The van der Waals surface area contributed by atoms with Crippen LogP contribution in [0.4, 0.5) is 11.4 Å². The summed E-state index contributed by atoms with van der Waals surface area (Å²) < 4.78 is 4.70. The number of hydrogen-bond donors (Lipinski definition) is 0. The molecule has 39 heavy (non-hydrogen) atoms. The summed E-state index contributed by atoms with van der Waals surface area (Å²) in [6.45, 7) is 0.393. The van der Waals surface area contributed by atoms with Gasteiger partial charge in [-0.05, 0) is 71.5 Å². The highest BCUT2D eigenvalue weighted by Gasteiger charge is 2.27. The van der Waals surface area contributed by atoms with E-state index in [1.807, 2.05) is 20.2 Å². The summed E-state index contributed by atoms with van der Waals surface area (Å²) in [5.41, 5.74) is 6.12. The third-order valence-corrected chi connectivity index (χ3v) is 7.23. The van der Waals surface area contributed by atoms with Gasteiger partial charge in [0.1, 0.15) is 0 Å². The highest BCUT2D eigenvalue weighted by atomic mass is 16.5. The van der Waals surface area contributed by atoms with Crippen LogP contribution in [0.2, 0.25) is 0 Å². The number of nitrogens with zero attached hydrogens (tertiary/aromatic N) is 3. The zero-order chi connectivity index (χ0) is 27.8. The summed E-state index contributed by atoms with van der Waals surface area (Å²) in [6.07, 6.45) is 7.95. The summed E-state index contributed by atoms with van der Waals surface area (Å²) in [7, 11) is 5.36. The molecule has 1 aliphatic rings. The first-order valence-corrected chi connectivity index (χ1v) is 13.4. The van der Waals surface area contributed by atoms with Crippen LogP contribution in [0.1, 0.15) is 48.8 Å². The van der Waals surface area contributed by atoms with Crippen molar-refractivity contribution in [2.24, 2.45) is 5.92 Å². The van der Waals surface area contributed by atoms with Crippen LogP contribution in [0.25, 0.3) is 17.2 Å². The van der Waals surface area contributed by atoms with Crippen molar-refractivity contribution in [3.8, 4) is 17.2 Å². The molecule has 3 aromatic rings. The minimum atomic E-state index is -0.481. The molecule has 0 spiro atoms. The predicted octanol–water partition coefficient (Wildman–Crippen LogP) is 6.59. The van der Waals surface area contributed by atoms with Crippen molar-refractivity contribution in [1.82, 2.24) is 0 Å². The Bertz CT molecular complexity index is 1360. The number of benzene rings is 3. The van der Waals surface area contributed by atoms with Gasteiger partial charge < -0.3 is 14.5 Å². The normalized spacial score (nSPS) is 13.6. The molecule has 0 heterocycles. The number of hydrogen-bond acceptors (Lipinski definition) is 5. The number of carbonyl (C=O) groups is 2. The van der Waals surface area contributed by atoms with Crippen LogP contribution in [0.15, 0.2) is 72.8 Å². The molecule has 4 rings (SSSR count). The number of anilines is 2. The largest absolute Gasteiger partial charge is 0.466 e. The van der Waals surface area contributed by atoms with E-state index >= 15 is 0 Å². The molecule has 0 atom stereocenters. The standard InChI is InChI=1S/C33H35N3O3/c1-35(2)30-16-14-28(15-17-30)27-12-9-24(10-13-27)23-36(33(38)29-7-5-4-6-8-29)31-20-25(11-18-32(37)39-3)19-26(21-31)22-34/h9-21,29H,4-8,23H2,1-3H3/b18-11+. The molecule has 0 unspecified atom stereocenters. The lowest BCUT2D eigenvalue weighted by atomic mass is 9.88. The first-order valence-electron chi connectivity index (χ1n) is 13.4. The molecule has 1 amide bonds. The number of carbonyl (C=O) groups excluding carboxylic acids is 2. The fraction of sp³-hybridized carbons (Fsp3) is 0.303. The van der Waals surface area contributed by atoms with Crippen molar-refractivity contribution in [3.05, 3.63) is 89.5 Å². The van der Waals surface area contributed by atoms with Gasteiger partial charge in [-0.2, -0.15) is 5.26 Å². The Morgan fingerprint density at radius 3 is 2.15 bits per heavy atom. The molecule has 6 heteroatoms. The first kappa shape index (κ1) is 27.7. The van der Waals surface area contributed by atoms with Crippen LogP contribution in [-0.2, 0) is 20.9 Å². The lowest BCUT2D eigenvalue weighted by Crippen LogP contribution is -2.36. The van der Waals surface area contributed by atoms with Crippen molar-refractivity contribution < 1.29 is 14.3 Å². The van der Waals surface area contributed by atoms with Gasteiger partial charge in [0.2, 0.25) is 5.91 Å². The van der Waals surface area contributed by atoms with Crippen molar-refractivity contribution in [2.45, 2.75) is 38.6 Å². The second kappa shape index (κ2) is 12.9. The van der Waals surface area contributed by atoms with E-state index in [2.05, 4.69) is 59.5 Å². The van der Waals surface area contributed by atoms with E-state index in [1.54, 1.807) is 23.1 Å². The van der Waals surface area contributed by atoms with E-state index in [-0.39, 0.29) is 11.8 Å². The van der Waals surface area contributed by atoms with Crippen LogP contribution in [0.3, 0.4) is 0 Å². The summed E-state index contributed by atoms with van der Waals surface area (Å²) in [5.74, 6) is -0.436. The molecule has 3 aromatic carbocycles. The zero-order valence-corrected chi connectivity index (χ0v) is 22.9. The summed E-state index contributed by atoms with van der Waals surface area (Å²) >= 11 is 0. The van der Waals surface area contributed by atoms with Crippen LogP contribution >= 0.6 is 0 Å². The van der Waals surface area contributed by atoms with Crippen molar-refractivity contribution in [3.63, 3.8) is 0 Å². The van der Waals surface area contributed by atoms with E-state index in [0.29, 0.717) is 23.4 Å². The van der Waals surface area contributed by atoms with Crippen molar-refractivity contribution in [2.75, 3.05) is 31.0 Å². The number of rotatable bonds is 8. The Morgan fingerprint density at radius 2 is 1.56 bits per heavy atom. The number of ether oxygens (including phenoxy) is 1. The van der Waals surface area contributed by atoms with Crippen molar-refractivity contribution >= 4 is 29.3 Å². The molecule has 1 saturated carbocycles. The van der Waals surface area contributed by atoms with Gasteiger partial charge in [-0.3, -0.25) is 4.79 Å². The molecular weight excluding hydrogens is 486 g/mol. The first-order chi connectivity index (χ1) is 18.9. The zero-order valence-electron chi connectivity index (χ0n) is 22.9. The fourth-order valence-electron chi connectivity index (χ4n) is 4.99. The third kappa shape index (κ3) is 7.14. The maximum Gasteiger partial charge on any atom is 0.330 e. The Kier molecular flexibility index (Phi) is 9.17. The van der Waals surface area contributed by atoms with Crippen LogP contribution in [-0.4, -0.2) is 33.1 Å². The number of amides is 1. The fourth-order valence-corrected chi connectivity index (χ4v) is 4.99. The summed E-state index contributed by atoms with van der Waals surface area (Å²) in [4.78, 5) is 29.4. The smallest absolute Gasteiger partial charge is 0.330 e. The van der Waals surface area contributed by atoms with E-state index in [0.717, 1.165) is 54.5 Å². The molecule has 6 nitrogen and oxygen atoms in total. The Balaban J connectivity index is 1.65. The highest BCUT2D eigenvalue weighted by Crippen LogP contribution is 2.31. The maximum absolute atomic E-state index is 13.8. The molecule has 1 fully saturated rings. The second-order valence-electron chi connectivity index (χ2n) is 10.2. The average Bonchev–Trinajstić information content (AvgIpc) is 2.98. The molecule has 0 aromatic heterocycles. The minimum Gasteiger partial charge on any atom is -0.466 e. The quantitative estimate of drug-likeness (QED) is 0.247. The maximum atomic E-state index is 13.8. The second-order valence-corrected chi connectivity index (χ2v) is 10.2. The summed E-state index contributed by atoms with van der Waals surface area (Å²) in [6, 6.07) is 24.2. The molecule has 0 radical (unpaired) electrons. The van der Waals surface area contributed by atoms with E-state index < -0.39 is 5.97 Å². The van der Waals surface area contributed by atoms with E-state index in [4.69, 9.17) is 4.74 Å². The summed E-state index contributed by atoms with van der Waals surface area (Å²) in [5, 5.41) is 9.68. The topological polar surface area (TPSA) is 73.6 Å². The molecule has 0 saturated heterocycles. The Morgan fingerprint density at radius 1 is 0.923 bits per heavy atom. The monoisotopic (exact) mass is 521 g/mol. The SMILES string of the molecule is COC(=O)/C=C/c1cc(C#N)cc(N(Cc2ccc(-c3ccc(N(C)C)cc3)cc2)C(=O)C2CCCCC2)c1. The third-order valence-electron chi connectivity index (χ3n) is 7.23. The van der Waals surface area contributed by atoms with Gasteiger partial charge in [-0.25, -0.2) is 4.79 Å². The Labute approximate surface area is 231 Å². The van der Waals surface area contributed by atoms with E-state index in [1.165, 1.54) is 13.2 Å². The van der Waals surface area contributed by atoms with E-state index in [9.17, 15) is 14.9 Å². The Hall–Kier alpha value is -4.37. The van der Waals surface area contributed by atoms with Crippen LogP contribution in [0, 0.1) is 17.2 Å².